The summed E-state index contributed by atoms with van der Waals surface area (Å²) in [5.74, 6) is 0.876. The molecule has 90 valence electrons. The van der Waals surface area contributed by atoms with Crippen LogP contribution in [0, 0.1) is 0 Å². The average Bonchev–Trinajstić information content (AvgIpc) is 2.77. The van der Waals surface area contributed by atoms with Gasteiger partial charge in [-0.3, -0.25) is 9.97 Å². The van der Waals surface area contributed by atoms with Crippen molar-refractivity contribution < 1.29 is 0 Å². The van der Waals surface area contributed by atoms with E-state index in [9.17, 15) is 0 Å². The zero-order valence-electron chi connectivity index (χ0n) is 10.5. The second-order valence-electron chi connectivity index (χ2n) is 4.26. The van der Waals surface area contributed by atoms with E-state index >= 15 is 0 Å². The highest BCUT2D eigenvalue weighted by molar-refractivity contribution is 5.78. The van der Waals surface area contributed by atoms with Crippen molar-refractivity contribution in [3.05, 3.63) is 42.4 Å². The van der Waals surface area contributed by atoms with Gasteiger partial charge in [-0.15, -0.1) is 0 Å². The first-order chi connectivity index (χ1) is 8.79. The molecule has 4 heteroatoms. The Kier molecular flexibility index (Phi) is 2.55. The summed E-state index contributed by atoms with van der Waals surface area (Å²) in [6, 6.07) is 6.08. The first-order valence-corrected chi connectivity index (χ1v) is 6.01. The molecule has 0 N–H and O–H groups in total. The fourth-order valence-electron chi connectivity index (χ4n) is 2.05. The van der Waals surface area contributed by atoms with E-state index in [1.807, 2.05) is 29.9 Å². The predicted molar refractivity (Wildman–Crippen MR) is 71.1 cm³/mol. The van der Waals surface area contributed by atoms with E-state index in [2.05, 4.69) is 27.9 Å². The Morgan fingerprint density at radius 3 is 2.72 bits per heavy atom. The topological polar surface area (TPSA) is 43.6 Å². The number of aromatic nitrogens is 4. The van der Waals surface area contributed by atoms with E-state index in [1.165, 1.54) is 5.56 Å². The number of aryl methyl sites for hydroxylation is 2. The standard InChI is InChI=1S/C14H14N4/c1-3-10-4-5-11(16-8-10)14-17-12-9-15-7-6-13(12)18(14)2/h4-9H,3H2,1-2H3. The van der Waals surface area contributed by atoms with Gasteiger partial charge in [-0.2, -0.15) is 0 Å². The lowest BCUT2D eigenvalue weighted by atomic mass is 10.2. The minimum absolute atomic E-state index is 0.876. The number of hydrogen-bond donors (Lipinski definition) is 0. The zero-order valence-corrected chi connectivity index (χ0v) is 10.5. The first-order valence-electron chi connectivity index (χ1n) is 6.01. The molecule has 0 unspecified atom stereocenters. The van der Waals surface area contributed by atoms with Crippen LogP contribution in [0.1, 0.15) is 12.5 Å². The van der Waals surface area contributed by atoms with Gasteiger partial charge in [0.05, 0.1) is 11.7 Å². The summed E-state index contributed by atoms with van der Waals surface area (Å²) in [5.41, 5.74) is 4.10. The molecule has 3 rings (SSSR count). The molecule has 4 nitrogen and oxygen atoms in total. The first kappa shape index (κ1) is 10.9. The van der Waals surface area contributed by atoms with E-state index in [0.29, 0.717) is 0 Å². The Hall–Kier alpha value is -2.23. The van der Waals surface area contributed by atoms with Gasteiger partial charge in [0, 0.05) is 19.4 Å². The van der Waals surface area contributed by atoms with Gasteiger partial charge < -0.3 is 4.57 Å². The van der Waals surface area contributed by atoms with Crippen LogP contribution in [0.15, 0.2) is 36.8 Å². The van der Waals surface area contributed by atoms with Gasteiger partial charge in [0.2, 0.25) is 0 Å². The van der Waals surface area contributed by atoms with Gasteiger partial charge in [0.25, 0.3) is 0 Å². The lowest BCUT2D eigenvalue weighted by Gasteiger charge is -2.02. The number of imidazole rings is 1. The Balaban J connectivity index is 2.15. The third-order valence-electron chi connectivity index (χ3n) is 3.15. The van der Waals surface area contributed by atoms with Gasteiger partial charge in [0.1, 0.15) is 11.2 Å². The van der Waals surface area contributed by atoms with Crippen molar-refractivity contribution in [1.82, 2.24) is 19.5 Å². The second kappa shape index (κ2) is 4.22. The van der Waals surface area contributed by atoms with Gasteiger partial charge in [-0.05, 0) is 24.1 Å². The van der Waals surface area contributed by atoms with Crippen LogP contribution in [0.25, 0.3) is 22.6 Å². The monoisotopic (exact) mass is 238 g/mol. The van der Waals surface area contributed by atoms with Crippen LogP contribution in [-0.4, -0.2) is 19.5 Å². The van der Waals surface area contributed by atoms with E-state index in [0.717, 1.165) is 29.0 Å². The summed E-state index contributed by atoms with van der Waals surface area (Å²) in [5, 5.41) is 0. The van der Waals surface area contributed by atoms with E-state index < -0.39 is 0 Å². The zero-order chi connectivity index (χ0) is 12.5. The lowest BCUT2D eigenvalue weighted by Crippen LogP contribution is -1.95. The molecule has 3 aromatic rings. The summed E-state index contributed by atoms with van der Waals surface area (Å²) in [7, 11) is 2.00. The molecule has 0 saturated carbocycles. The number of hydrogen-bond acceptors (Lipinski definition) is 3. The van der Waals surface area contributed by atoms with Crippen molar-refractivity contribution in [3.63, 3.8) is 0 Å². The number of rotatable bonds is 2. The third-order valence-corrected chi connectivity index (χ3v) is 3.15. The molecule has 0 spiro atoms. The SMILES string of the molecule is CCc1ccc(-c2nc3cnccc3n2C)nc1. The number of nitrogens with zero attached hydrogens (tertiary/aromatic N) is 4. The average molecular weight is 238 g/mol. The van der Waals surface area contributed by atoms with Crippen LogP contribution < -0.4 is 0 Å². The molecule has 0 radical (unpaired) electrons. The molecule has 0 aromatic carbocycles. The van der Waals surface area contributed by atoms with Crippen LogP contribution in [0.4, 0.5) is 0 Å². The molecule has 0 saturated heterocycles. The Morgan fingerprint density at radius 2 is 2.06 bits per heavy atom. The summed E-state index contributed by atoms with van der Waals surface area (Å²) < 4.78 is 2.05. The van der Waals surface area contributed by atoms with Crippen molar-refractivity contribution in [3.8, 4) is 11.5 Å². The molecule has 18 heavy (non-hydrogen) atoms. The molecular weight excluding hydrogens is 224 g/mol. The minimum Gasteiger partial charge on any atom is -0.326 e. The molecular formula is C14H14N4. The van der Waals surface area contributed by atoms with Crippen LogP contribution in [0.2, 0.25) is 0 Å². The van der Waals surface area contributed by atoms with Crippen molar-refractivity contribution in [2.24, 2.45) is 7.05 Å². The molecule has 0 fully saturated rings. The molecule has 0 aliphatic rings. The highest BCUT2D eigenvalue weighted by Crippen LogP contribution is 2.21. The Bertz CT molecular complexity index is 683. The molecule has 0 aliphatic heterocycles. The fraction of sp³-hybridized carbons (Fsp3) is 0.214. The van der Waals surface area contributed by atoms with Crippen molar-refractivity contribution in [2.45, 2.75) is 13.3 Å². The number of pyridine rings is 2. The van der Waals surface area contributed by atoms with Crippen LogP contribution in [0.3, 0.4) is 0 Å². The third kappa shape index (κ3) is 1.66. The highest BCUT2D eigenvalue weighted by atomic mass is 15.1. The maximum absolute atomic E-state index is 4.58. The van der Waals surface area contributed by atoms with E-state index in [1.54, 1.807) is 12.4 Å². The summed E-state index contributed by atoms with van der Waals surface area (Å²) >= 11 is 0. The van der Waals surface area contributed by atoms with Gasteiger partial charge >= 0.3 is 0 Å². The van der Waals surface area contributed by atoms with Crippen molar-refractivity contribution >= 4 is 11.0 Å². The summed E-state index contributed by atoms with van der Waals surface area (Å²) in [6.45, 7) is 2.12. The molecule has 0 atom stereocenters. The highest BCUT2D eigenvalue weighted by Gasteiger charge is 2.10. The van der Waals surface area contributed by atoms with Gasteiger partial charge in [-0.25, -0.2) is 4.98 Å². The Labute approximate surface area is 105 Å². The quantitative estimate of drug-likeness (QED) is 0.689. The van der Waals surface area contributed by atoms with E-state index in [-0.39, 0.29) is 0 Å². The Morgan fingerprint density at radius 1 is 1.17 bits per heavy atom. The summed E-state index contributed by atoms with van der Waals surface area (Å²) in [6.07, 6.45) is 6.47. The van der Waals surface area contributed by atoms with Crippen LogP contribution >= 0.6 is 0 Å². The second-order valence-corrected chi connectivity index (χ2v) is 4.26. The minimum atomic E-state index is 0.876. The van der Waals surface area contributed by atoms with Crippen LogP contribution in [0.5, 0.6) is 0 Å². The predicted octanol–water partition coefficient (Wildman–Crippen LogP) is 2.59. The van der Waals surface area contributed by atoms with Crippen LogP contribution in [-0.2, 0) is 13.5 Å². The molecule has 0 bridgehead atoms. The van der Waals surface area contributed by atoms with Crippen molar-refractivity contribution in [2.75, 3.05) is 0 Å². The summed E-state index contributed by atoms with van der Waals surface area (Å²) in [4.78, 5) is 13.1. The fourth-order valence-corrected chi connectivity index (χ4v) is 2.05. The molecule has 0 amide bonds. The normalized spacial score (nSPS) is 11.0. The molecule has 0 aliphatic carbocycles. The van der Waals surface area contributed by atoms with Gasteiger partial charge in [-0.1, -0.05) is 13.0 Å². The largest absolute Gasteiger partial charge is 0.326 e. The maximum atomic E-state index is 4.58. The van der Waals surface area contributed by atoms with E-state index in [4.69, 9.17) is 0 Å². The van der Waals surface area contributed by atoms with Crippen molar-refractivity contribution in [1.29, 1.82) is 0 Å². The van der Waals surface area contributed by atoms with Gasteiger partial charge in [0.15, 0.2) is 5.82 Å². The lowest BCUT2D eigenvalue weighted by molar-refractivity contribution is 0.948. The number of fused-ring (bicyclic) bond motifs is 1. The smallest absolute Gasteiger partial charge is 0.159 e. The molecule has 3 heterocycles. The molecule has 3 aromatic heterocycles. The maximum Gasteiger partial charge on any atom is 0.159 e.